The van der Waals surface area contributed by atoms with Gasteiger partial charge in [-0.2, -0.15) is 0 Å². The second-order valence-corrected chi connectivity index (χ2v) is 4.67. The van der Waals surface area contributed by atoms with Crippen LogP contribution in [0.2, 0.25) is 0 Å². The molecule has 88 valence electrons. The number of allylic oxidation sites excluding steroid dienone is 2. The molecule has 3 rings (SSSR count). The molecule has 0 bridgehead atoms. The zero-order valence-electron chi connectivity index (χ0n) is 9.87. The summed E-state index contributed by atoms with van der Waals surface area (Å²) in [7, 11) is 0. The Labute approximate surface area is 102 Å². The third kappa shape index (κ3) is 1.82. The molecular formula is C14H17N3. The molecule has 1 saturated heterocycles. The molecule has 0 radical (unpaired) electrons. The fourth-order valence-electron chi connectivity index (χ4n) is 2.88. The lowest BCUT2D eigenvalue weighted by molar-refractivity contribution is 0.369. The second kappa shape index (κ2) is 4.24. The van der Waals surface area contributed by atoms with Gasteiger partial charge >= 0.3 is 0 Å². The molecule has 2 unspecified atom stereocenters. The molecule has 0 aromatic carbocycles. The highest BCUT2D eigenvalue weighted by Gasteiger charge is 2.33. The maximum atomic E-state index is 4.10. The van der Waals surface area contributed by atoms with Crippen molar-refractivity contribution in [3.05, 3.63) is 55.3 Å². The Hall–Kier alpha value is -1.77. The van der Waals surface area contributed by atoms with Gasteiger partial charge in [0.2, 0.25) is 0 Å². The topological polar surface area (TPSA) is 21.1 Å². The molecule has 2 atom stereocenters. The summed E-state index contributed by atoms with van der Waals surface area (Å²) in [4.78, 5) is 6.43. The molecule has 3 nitrogen and oxygen atoms in total. The first-order valence-corrected chi connectivity index (χ1v) is 6.10. The van der Waals surface area contributed by atoms with Gasteiger partial charge in [-0.25, -0.2) is 4.98 Å². The predicted octanol–water partition coefficient (Wildman–Crippen LogP) is 2.21. The number of likely N-dealkylation sites (tertiary alicyclic amines) is 1. The van der Waals surface area contributed by atoms with Crippen molar-refractivity contribution >= 4 is 0 Å². The van der Waals surface area contributed by atoms with E-state index in [1.807, 2.05) is 24.9 Å². The monoisotopic (exact) mass is 227 g/mol. The summed E-state index contributed by atoms with van der Waals surface area (Å²) in [6.07, 6.45) is 15.7. The van der Waals surface area contributed by atoms with Gasteiger partial charge in [0.05, 0.1) is 12.4 Å². The van der Waals surface area contributed by atoms with E-state index in [9.17, 15) is 0 Å². The summed E-state index contributed by atoms with van der Waals surface area (Å²) in [5.74, 6) is 0.639. The minimum Gasteiger partial charge on any atom is -0.371 e. The standard InChI is InChI=1S/C14H17N3/c1-2-17-8-6-13-12(4-3-5-14(13)17)10-16-9-7-15-11-16/h2-5,7,9,11,13-14H,1,6,8,10H2. The summed E-state index contributed by atoms with van der Waals surface area (Å²) < 4.78 is 2.14. The molecule has 0 saturated carbocycles. The molecule has 1 aliphatic carbocycles. The minimum atomic E-state index is 0.510. The summed E-state index contributed by atoms with van der Waals surface area (Å²) in [5, 5.41) is 0. The van der Waals surface area contributed by atoms with Gasteiger partial charge in [0.25, 0.3) is 0 Å². The van der Waals surface area contributed by atoms with E-state index < -0.39 is 0 Å². The largest absolute Gasteiger partial charge is 0.371 e. The lowest BCUT2D eigenvalue weighted by Gasteiger charge is -2.28. The number of aromatic nitrogens is 2. The van der Waals surface area contributed by atoms with Crippen LogP contribution in [0.25, 0.3) is 0 Å². The van der Waals surface area contributed by atoms with Gasteiger partial charge in [-0.3, -0.25) is 0 Å². The first-order chi connectivity index (χ1) is 8.38. The Morgan fingerprint density at radius 1 is 1.53 bits per heavy atom. The van der Waals surface area contributed by atoms with Crippen molar-refractivity contribution in [3.8, 4) is 0 Å². The van der Waals surface area contributed by atoms with Crippen LogP contribution < -0.4 is 0 Å². The van der Waals surface area contributed by atoms with Crippen molar-refractivity contribution < 1.29 is 0 Å². The molecule has 2 aliphatic rings. The van der Waals surface area contributed by atoms with Crippen LogP contribution in [-0.2, 0) is 6.54 Å². The van der Waals surface area contributed by atoms with Crippen LogP contribution in [0, 0.1) is 5.92 Å². The Balaban J connectivity index is 1.80. The summed E-state index contributed by atoms with van der Waals surface area (Å²) in [6.45, 7) is 5.96. The van der Waals surface area contributed by atoms with Crippen LogP contribution in [-0.4, -0.2) is 27.0 Å². The SMILES string of the molecule is C=CN1CCC2C(Cn3ccnc3)=CC=CC21. The van der Waals surface area contributed by atoms with Gasteiger partial charge in [0.1, 0.15) is 0 Å². The summed E-state index contributed by atoms with van der Waals surface area (Å²) >= 11 is 0. The van der Waals surface area contributed by atoms with Gasteiger partial charge in [-0.1, -0.05) is 24.8 Å². The Bertz CT molecular complexity index is 456. The zero-order chi connectivity index (χ0) is 11.7. The van der Waals surface area contributed by atoms with E-state index in [4.69, 9.17) is 0 Å². The first kappa shape index (κ1) is 10.4. The van der Waals surface area contributed by atoms with Crippen LogP contribution in [0.15, 0.2) is 55.3 Å². The number of hydrogen-bond donors (Lipinski definition) is 0. The summed E-state index contributed by atoms with van der Waals surface area (Å²) in [5.41, 5.74) is 1.50. The molecule has 0 spiro atoms. The number of fused-ring (bicyclic) bond motifs is 1. The van der Waals surface area contributed by atoms with E-state index in [0.717, 1.165) is 13.1 Å². The van der Waals surface area contributed by atoms with Crippen molar-refractivity contribution in [3.63, 3.8) is 0 Å². The van der Waals surface area contributed by atoms with E-state index in [0.29, 0.717) is 12.0 Å². The van der Waals surface area contributed by atoms with Crippen molar-refractivity contribution in [2.75, 3.05) is 6.54 Å². The minimum absolute atomic E-state index is 0.510. The van der Waals surface area contributed by atoms with Crippen molar-refractivity contribution in [2.24, 2.45) is 5.92 Å². The van der Waals surface area contributed by atoms with Crippen LogP contribution in [0.4, 0.5) is 0 Å². The number of hydrogen-bond acceptors (Lipinski definition) is 2. The molecule has 3 heteroatoms. The van der Waals surface area contributed by atoms with Crippen molar-refractivity contribution in [1.29, 1.82) is 0 Å². The lowest BCUT2D eigenvalue weighted by atomic mass is 9.87. The molecule has 0 amide bonds. The van der Waals surface area contributed by atoms with E-state index in [1.54, 1.807) is 0 Å². The highest BCUT2D eigenvalue weighted by Crippen LogP contribution is 2.34. The van der Waals surface area contributed by atoms with Crippen molar-refractivity contribution in [2.45, 2.75) is 19.0 Å². The van der Waals surface area contributed by atoms with Crippen LogP contribution in [0.3, 0.4) is 0 Å². The lowest BCUT2D eigenvalue weighted by Crippen LogP contribution is -2.29. The number of imidazole rings is 1. The fraction of sp³-hybridized carbons (Fsp3) is 0.357. The predicted molar refractivity (Wildman–Crippen MR) is 68.2 cm³/mol. The Morgan fingerprint density at radius 3 is 3.24 bits per heavy atom. The first-order valence-electron chi connectivity index (χ1n) is 6.10. The van der Waals surface area contributed by atoms with Crippen LogP contribution in [0.1, 0.15) is 6.42 Å². The molecule has 17 heavy (non-hydrogen) atoms. The van der Waals surface area contributed by atoms with Gasteiger partial charge in [0.15, 0.2) is 0 Å². The molecule has 0 N–H and O–H groups in total. The molecular weight excluding hydrogens is 210 g/mol. The highest BCUT2D eigenvalue weighted by atomic mass is 15.2. The van der Waals surface area contributed by atoms with E-state index >= 15 is 0 Å². The smallest absolute Gasteiger partial charge is 0.0948 e. The zero-order valence-corrected chi connectivity index (χ0v) is 9.87. The second-order valence-electron chi connectivity index (χ2n) is 4.67. The van der Waals surface area contributed by atoms with Crippen LogP contribution >= 0.6 is 0 Å². The van der Waals surface area contributed by atoms with E-state index in [2.05, 4.69) is 39.3 Å². The van der Waals surface area contributed by atoms with E-state index in [-0.39, 0.29) is 0 Å². The highest BCUT2D eigenvalue weighted by molar-refractivity contribution is 5.28. The Morgan fingerprint density at radius 2 is 2.47 bits per heavy atom. The van der Waals surface area contributed by atoms with Gasteiger partial charge < -0.3 is 9.47 Å². The average molecular weight is 227 g/mol. The molecule has 1 aliphatic heterocycles. The molecule has 2 heterocycles. The third-order valence-electron chi connectivity index (χ3n) is 3.75. The van der Waals surface area contributed by atoms with Crippen LogP contribution in [0.5, 0.6) is 0 Å². The van der Waals surface area contributed by atoms with E-state index in [1.165, 1.54) is 12.0 Å². The molecule has 1 aromatic heterocycles. The normalized spacial score (nSPS) is 26.8. The third-order valence-corrected chi connectivity index (χ3v) is 3.75. The summed E-state index contributed by atoms with van der Waals surface area (Å²) in [6, 6.07) is 0.510. The quantitative estimate of drug-likeness (QED) is 0.789. The number of rotatable bonds is 3. The van der Waals surface area contributed by atoms with Gasteiger partial charge in [0, 0.05) is 31.4 Å². The molecule has 1 aromatic rings. The average Bonchev–Trinajstić information content (AvgIpc) is 2.97. The van der Waals surface area contributed by atoms with Crippen molar-refractivity contribution in [1.82, 2.24) is 14.5 Å². The number of nitrogens with zero attached hydrogens (tertiary/aromatic N) is 3. The maximum absolute atomic E-state index is 4.10. The molecule has 1 fully saturated rings. The fourth-order valence-corrected chi connectivity index (χ4v) is 2.88. The Kier molecular flexibility index (Phi) is 2.59. The van der Waals surface area contributed by atoms with Gasteiger partial charge in [-0.15, -0.1) is 0 Å². The van der Waals surface area contributed by atoms with Gasteiger partial charge in [-0.05, 0) is 18.2 Å². The maximum Gasteiger partial charge on any atom is 0.0948 e.